The molecule has 2 aromatic carbocycles. The Morgan fingerprint density at radius 1 is 1.00 bits per heavy atom. The third-order valence-corrected chi connectivity index (χ3v) is 5.87. The second-order valence-corrected chi connectivity index (χ2v) is 7.96. The first-order chi connectivity index (χ1) is 15.2. The molecule has 1 aliphatic rings. The molecule has 1 atom stereocenters. The molecule has 2 aromatic heterocycles. The van der Waals surface area contributed by atoms with Crippen molar-refractivity contribution in [3.8, 4) is 11.3 Å². The van der Waals surface area contributed by atoms with Gasteiger partial charge < -0.3 is 4.90 Å². The Morgan fingerprint density at radius 2 is 1.84 bits per heavy atom. The van der Waals surface area contributed by atoms with Gasteiger partial charge in [-0.05, 0) is 61.4 Å². The van der Waals surface area contributed by atoms with Crippen molar-refractivity contribution in [3.05, 3.63) is 96.1 Å². The molecule has 4 aromatic rings. The minimum Gasteiger partial charge on any atom is -0.338 e. The predicted molar refractivity (Wildman–Crippen MR) is 119 cm³/mol. The lowest BCUT2D eigenvalue weighted by atomic mass is 9.93. The fourth-order valence-electron chi connectivity index (χ4n) is 4.23. The number of nitrogens with zero attached hydrogens (tertiary/aromatic N) is 3. The minimum atomic E-state index is -0.260. The van der Waals surface area contributed by atoms with E-state index in [1.54, 1.807) is 18.3 Å². The molecular formula is C26H22FN3O. The zero-order chi connectivity index (χ0) is 21.2. The Labute approximate surface area is 180 Å². The summed E-state index contributed by atoms with van der Waals surface area (Å²) in [6.45, 7) is 1.37. The largest absolute Gasteiger partial charge is 0.338 e. The van der Waals surface area contributed by atoms with Crippen LogP contribution in [0.15, 0.2) is 79.0 Å². The summed E-state index contributed by atoms with van der Waals surface area (Å²) < 4.78 is 13.3. The van der Waals surface area contributed by atoms with Crippen molar-refractivity contribution in [2.24, 2.45) is 0 Å². The van der Waals surface area contributed by atoms with Gasteiger partial charge in [0.15, 0.2) is 0 Å². The Hall–Kier alpha value is -3.60. The smallest absolute Gasteiger partial charge is 0.255 e. The van der Waals surface area contributed by atoms with Gasteiger partial charge in [0, 0.05) is 41.8 Å². The van der Waals surface area contributed by atoms with E-state index < -0.39 is 0 Å². The fraction of sp³-hybridized carbons (Fsp3) is 0.192. The van der Waals surface area contributed by atoms with Crippen LogP contribution in [0.3, 0.4) is 0 Å². The molecule has 0 N–H and O–H groups in total. The highest BCUT2D eigenvalue weighted by molar-refractivity contribution is 5.97. The average molecular weight is 411 g/mol. The summed E-state index contributed by atoms with van der Waals surface area (Å²) >= 11 is 0. The third-order valence-electron chi connectivity index (χ3n) is 5.87. The summed E-state index contributed by atoms with van der Waals surface area (Å²) in [6, 6.07) is 22.0. The number of pyridine rings is 2. The van der Waals surface area contributed by atoms with Gasteiger partial charge in [0.1, 0.15) is 5.82 Å². The number of hydrogen-bond donors (Lipinski definition) is 0. The number of fused-ring (bicyclic) bond motifs is 1. The van der Waals surface area contributed by atoms with E-state index in [1.807, 2.05) is 53.4 Å². The molecule has 0 spiro atoms. The molecule has 0 bridgehead atoms. The quantitative estimate of drug-likeness (QED) is 0.450. The number of carbonyl (C=O) groups excluding carboxylic acids is 1. The number of benzene rings is 2. The van der Waals surface area contributed by atoms with Crippen LogP contribution >= 0.6 is 0 Å². The van der Waals surface area contributed by atoms with Crippen LogP contribution in [-0.4, -0.2) is 33.9 Å². The van der Waals surface area contributed by atoms with Gasteiger partial charge in [0.25, 0.3) is 5.91 Å². The summed E-state index contributed by atoms with van der Waals surface area (Å²) in [4.78, 5) is 24.3. The Morgan fingerprint density at radius 3 is 2.71 bits per heavy atom. The molecule has 31 heavy (non-hydrogen) atoms. The second-order valence-electron chi connectivity index (χ2n) is 7.96. The van der Waals surface area contributed by atoms with Crippen molar-refractivity contribution < 1.29 is 9.18 Å². The first-order valence-electron chi connectivity index (χ1n) is 10.5. The lowest BCUT2D eigenvalue weighted by Crippen LogP contribution is -2.39. The Balaban J connectivity index is 1.37. The lowest BCUT2D eigenvalue weighted by molar-refractivity contribution is 0.0705. The average Bonchev–Trinajstić information content (AvgIpc) is 2.84. The molecule has 1 fully saturated rings. The number of halogens is 1. The van der Waals surface area contributed by atoms with Crippen LogP contribution < -0.4 is 0 Å². The van der Waals surface area contributed by atoms with Gasteiger partial charge in [-0.1, -0.05) is 24.3 Å². The van der Waals surface area contributed by atoms with Crippen molar-refractivity contribution >= 4 is 16.8 Å². The molecule has 0 radical (unpaired) electrons. The molecule has 1 amide bonds. The van der Waals surface area contributed by atoms with Crippen LogP contribution in [-0.2, 0) is 0 Å². The molecule has 1 unspecified atom stereocenters. The summed E-state index contributed by atoms with van der Waals surface area (Å²) in [6.07, 6.45) is 3.58. The van der Waals surface area contributed by atoms with E-state index >= 15 is 0 Å². The van der Waals surface area contributed by atoms with E-state index in [1.165, 1.54) is 12.1 Å². The van der Waals surface area contributed by atoms with E-state index in [0.717, 1.165) is 47.2 Å². The van der Waals surface area contributed by atoms with Crippen LogP contribution in [0.5, 0.6) is 0 Å². The molecule has 0 aliphatic carbocycles. The van der Waals surface area contributed by atoms with Gasteiger partial charge in [0.05, 0.1) is 16.8 Å². The number of hydrogen-bond acceptors (Lipinski definition) is 3. The monoisotopic (exact) mass is 411 g/mol. The number of piperidine rings is 1. The highest BCUT2D eigenvalue weighted by atomic mass is 19.1. The van der Waals surface area contributed by atoms with Gasteiger partial charge in [-0.15, -0.1) is 0 Å². The van der Waals surface area contributed by atoms with E-state index in [9.17, 15) is 9.18 Å². The van der Waals surface area contributed by atoms with Gasteiger partial charge in [-0.2, -0.15) is 0 Å². The van der Waals surface area contributed by atoms with E-state index in [0.29, 0.717) is 12.1 Å². The van der Waals surface area contributed by atoms with E-state index in [-0.39, 0.29) is 17.6 Å². The maximum atomic E-state index is 13.3. The number of amides is 1. The van der Waals surface area contributed by atoms with Crippen LogP contribution in [0, 0.1) is 5.82 Å². The predicted octanol–water partition coefficient (Wildman–Crippen LogP) is 5.46. The molecule has 5 rings (SSSR count). The van der Waals surface area contributed by atoms with E-state index in [2.05, 4.69) is 4.98 Å². The van der Waals surface area contributed by atoms with E-state index in [4.69, 9.17) is 4.98 Å². The summed E-state index contributed by atoms with van der Waals surface area (Å²) in [7, 11) is 0. The van der Waals surface area contributed by atoms with Crippen molar-refractivity contribution in [1.82, 2.24) is 14.9 Å². The zero-order valence-corrected chi connectivity index (χ0v) is 17.0. The van der Waals surface area contributed by atoms with Gasteiger partial charge in [-0.25, -0.2) is 4.39 Å². The van der Waals surface area contributed by atoms with Crippen molar-refractivity contribution in [3.63, 3.8) is 0 Å². The maximum absolute atomic E-state index is 13.3. The molecule has 1 saturated heterocycles. The third kappa shape index (κ3) is 4.04. The number of para-hydroxylation sites is 1. The topological polar surface area (TPSA) is 46.1 Å². The maximum Gasteiger partial charge on any atom is 0.255 e. The van der Waals surface area contributed by atoms with Crippen LogP contribution in [0.4, 0.5) is 4.39 Å². The fourth-order valence-corrected chi connectivity index (χ4v) is 4.23. The van der Waals surface area contributed by atoms with Crippen molar-refractivity contribution in [2.45, 2.75) is 18.8 Å². The Bertz CT molecular complexity index is 1240. The number of rotatable bonds is 3. The summed E-state index contributed by atoms with van der Waals surface area (Å²) in [5.74, 6) is -0.0753. The second kappa shape index (κ2) is 8.26. The number of aromatic nitrogens is 2. The molecule has 5 heteroatoms. The van der Waals surface area contributed by atoms with Crippen LogP contribution in [0.2, 0.25) is 0 Å². The highest BCUT2D eigenvalue weighted by Crippen LogP contribution is 2.29. The highest BCUT2D eigenvalue weighted by Gasteiger charge is 2.26. The SMILES string of the molecule is O=C(c1cnc2ccccc2c1)N1CCCC(c2cccc(-c3ccc(F)cc3)n2)C1. The Kier molecular flexibility index (Phi) is 5.16. The number of carbonyl (C=O) groups is 1. The first kappa shape index (κ1) is 19.4. The summed E-state index contributed by atoms with van der Waals surface area (Å²) in [5, 5.41) is 0.968. The van der Waals surface area contributed by atoms with Crippen molar-refractivity contribution in [1.29, 1.82) is 0 Å². The normalized spacial score (nSPS) is 16.4. The van der Waals surface area contributed by atoms with Gasteiger partial charge in [0.2, 0.25) is 0 Å². The molecule has 0 saturated carbocycles. The summed E-state index contributed by atoms with van der Waals surface area (Å²) in [5.41, 5.74) is 4.18. The molecular weight excluding hydrogens is 389 g/mol. The lowest BCUT2D eigenvalue weighted by Gasteiger charge is -2.32. The van der Waals surface area contributed by atoms with Crippen LogP contribution in [0.1, 0.15) is 34.8 Å². The van der Waals surface area contributed by atoms with Crippen molar-refractivity contribution in [2.75, 3.05) is 13.1 Å². The molecule has 1 aliphatic heterocycles. The van der Waals surface area contributed by atoms with Crippen LogP contribution in [0.25, 0.3) is 22.2 Å². The minimum absolute atomic E-state index is 0.0117. The molecule has 154 valence electrons. The van der Waals surface area contributed by atoms with Gasteiger partial charge >= 0.3 is 0 Å². The first-order valence-corrected chi connectivity index (χ1v) is 10.5. The molecule has 4 nitrogen and oxygen atoms in total. The molecule has 3 heterocycles. The zero-order valence-electron chi connectivity index (χ0n) is 17.0. The number of likely N-dealkylation sites (tertiary alicyclic amines) is 1. The van der Waals surface area contributed by atoms with Gasteiger partial charge in [-0.3, -0.25) is 14.8 Å². The standard InChI is InChI=1S/C26H22FN3O/c27-22-12-10-18(11-13-22)24-8-3-9-25(29-24)20-6-4-14-30(17-20)26(31)21-15-19-5-1-2-7-23(19)28-16-21/h1-3,5,7-13,15-16,20H,4,6,14,17H2.